The average Bonchev–Trinajstić information content (AvgIpc) is 2.65. The molecule has 5 nitrogen and oxygen atoms in total. The van der Waals surface area contributed by atoms with Gasteiger partial charge in [-0.25, -0.2) is 0 Å². The summed E-state index contributed by atoms with van der Waals surface area (Å²) in [6.45, 7) is 4.53. The first kappa shape index (κ1) is 15.0. The summed E-state index contributed by atoms with van der Waals surface area (Å²) in [6.07, 6.45) is 1.13. The number of aryl methyl sites for hydroxylation is 2. The van der Waals surface area contributed by atoms with Crippen LogP contribution in [-0.2, 0) is 11.2 Å². The summed E-state index contributed by atoms with van der Waals surface area (Å²) in [5, 5.41) is 15.3. The largest absolute Gasteiger partial charge is 0.396 e. The van der Waals surface area contributed by atoms with Crippen molar-refractivity contribution in [1.29, 1.82) is 0 Å². The van der Waals surface area contributed by atoms with Gasteiger partial charge >= 0.3 is 0 Å². The molecule has 0 unspecified atom stereocenters. The van der Waals surface area contributed by atoms with E-state index < -0.39 is 0 Å². The van der Waals surface area contributed by atoms with Crippen molar-refractivity contribution in [2.75, 3.05) is 24.7 Å². The Bertz CT molecular complexity index is 360. The third-order valence-electron chi connectivity index (χ3n) is 2.53. The number of hydrogen-bond acceptors (Lipinski definition) is 5. The highest BCUT2D eigenvalue weighted by atomic mass is 32.2. The maximum absolute atomic E-state index is 11.7. The molecule has 0 radical (unpaired) electrons. The Hall–Kier alpha value is -1.01. The third-order valence-corrected chi connectivity index (χ3v) is 3.60. The highest BCUT2D eigenvalue weighted by Crippen LogP contribution is 2.12. The first-order valence-electron chi connectivity index (χ1n) is 6.02. The van der Waals surface area contributed by atoms with E-state index in [0.717, 1.165) is 29.2 Å². The number of carbonyl (C=O) groups excluding carboxylic acids is 1. The van der Waals surface area contributed by atoms with Gasteiger partial charge in [0, 0.05) is 24.5 Å². The number of aliphatic hydroxyl groups is 1. The van der Waals surface area contributed by atoms with Crippen LogP contribution in [0.4, 0.5) is 0 Å². The van der Waals surface area contributed by atoms with Crippen LogP contribution in [0.15, 0.2) is 4.52 Å². The van der Waals surface area contributed by atoms with Gasteiger partial charge in [-0.05, 0) is 26.0 Å². The lowest BCUT2D eigenvalue weighted by molar-refractivity contribution is -0.120. The lowest BCUT2D eigenvalue weighted by atomic mass is 10.1. The van der Waals surface area contributed by atoms with Gasteiger partial charge in [-0.3, -0.25) is 4.79 Å². The Kier molecular flexibility index (Phi) is 6.82. The van der Waals surface area contributed by atoms with Gasteiger partial charge < -0.3 is 14.9 Å². The van der Waals surface area contributed by atoms with E-state index in [1.165, 1.54) is 0 Å². The van der Waals surface area contributed by atoms with Crippen LogP contribution in [0.25, 0.3) is 0 Å². The Morgan fingerprint density at radius 2 is 2.22 bits per heavy atom. The predicted octanol–water partition coefficient (Wildman–Crippen LogP) is 1.07. The van der Waals surface area contributed by atoms with E-state index in [1.807, 2.05) is 13.8 Å². The minimum atomic E-state index is -0.00726. The number of rotatable bonds is 8. The first-order valence-corrected chi connectivity index (χ1v) is 7.17. The molecule has 1 aromatic heterocycles. The molecule has 1 heterocycles. The van der Waals surface area contributed by atoms with Crippen LogP contribution >= 0.6 is 11.8 Å². The molecule has 0 aromatic carbocycles. The van der Waals surface area contributed by atoms with Gasteiger partial charge in [-0.2, -0.15) is 11.8 Å². The normalized spacial score (nSPS) is 10.6. The standard InChI is InChI=1S/C12H20N2O3S/c1-9-11(10(2)17-14-9)8-12(16)13-4-7-18-6-3-5-15/h15H,3-8H2,1-2H3,(H,13,16). The molecule has 1 amide bonds. The summed E-state index contributed by atoms with van der Waals surface area (Å²) in [6, 6.07) is 0. The highest BCUT2D eigenvalue weighted by molar-refractivity contribution is 7.99. The van der Waals surface area contributed by atoms with Gasteiger partial charge in [-0.1, -0.05) is 5.16 Å². The van der Waals surface area contributed by atoms with Crippen molar-refractivity contribution in [2.45, 2.75) is 26.7 Å². The van der Waals surface area contributed by atoms with Crippen molar-refractivity contribution in [2.24, 2.45) is 0 Å². The number of amides is 1. The summed E-state index contributed by atoms with van der Waals surface area (Å²) in [5.41, 5.74) is 1.65. The zero-order valence-electron chi connectivity index (χ0n) is 10.9. The molecular formula is C12H20N2O3S. The molecule has 1 aromatic rings. The second-order valence-corrected chi connectivity index (χ2v) is 5.24. The van der Waals surface area contributed by atoms with Crippen LogP contribution in [-0.4, -0.2) is 40.8 Å². The van der Waals surface area contributed by atoms with Crippen molar-refractivity contribution in [3.05, 3.63) is 17.0 Å². The van der Waals surface area contributed by atoms with Crippen LogP contribution in [0.5, 0.6) is 0 Å². The van der Waals surface area contributed by atoms with E-state index >= 15 is 0 Å². The Labute approximate surface area is 111 Å². The summed E-state index contributed by atoms with van der Waals surface area (Å²) >= 11 is 1.73. The number of aromatic nitrogens is 1. The van der Waals surface area contributed by atoms with Gasteiger partial charge in [0.15, 0.2) is 0 Å². The van der Waals surface area contributed by atoms with Crippen molar-refractivity contribution in [3.63, 3.8) is 0 Å². The minimum Gasteiger partial charge on any atom is -0.396 e. The van der Waals surface area contributed by atoms with E-state index in [2.05, 4.69) is 10.5 Å². The fourth-order valence-corrected chi connectivity index (χ4v) is 2.29. The number of carbonyl (C=O) groups is 1. The molecule has 1 rings (SSSR count). The van der Waals surface area contributed by atoms with Crippen LogP contribution in [0.1, 0.15) is 23.4 Å². The SMILES string of the molecule is Cc1noc(C)c1CC(=O)NCCSCCCO. The molecule has 0 aliphatic heterocycles. The second-order valence-electron chi connectivity index (χ2n) is 4.02. The predicted molar refractivity (Wildman–Crippen MR) is 71.7 cm³/mol. The van der Waals surface area contributed by atoms with Crippen LogP contribution < -0.4 is 5.32 Å². The zero-order valence-corrected chi connectivity index (χ0v) is 11.7. The number of aliphatic hydroxyl groups excluding tert-OH is 1. The fourth-order valence-electron chi connectivity index (χ4n) is 1.51. The molecule has 0 saturated heterocycles. The van der Waals surface area contributed by atoms with E-state index in [0.29, 0.717) is 18.7 Å². The van der Waals surface area contributed by atoms with Gasteiger partial charge in [-0.15, -0.1) is 0 Å². The molecule has 6 heteroatoms. The third kappa shape index (κ3) is 5.10. The van der Waals surface area contributed by atoms with Crippen molar-refractivity contribution >= 4 is 17.7 Å². The summed E-state index contributed by atoms with van der Waals surface area (Å²) in [7, 11) is 0. The average molecular weight is 272 g/mol. The molecular weight excluding hydrogens is 252 g/mol. The number of hydrogen-bond donors (Lipinski definition) is 2. The molecule has 0 aliphatic carbocycles. The van der Waals surface area contributed by atoms with Crippen molar-refractivity contribution < 1.29 is 14.4 Å². The molecule has 0 spiro atoms. The summed E-state index contributed by atoms with van der Waals surface area (Å²) in [4.78, 5) is 11.7. The number of nitrogens with zero attached hydrogens (tertiary/aromatic N) is 1. The Balaban J connectivity index is 2.18. The summed E-state index contributed by atoms with van der Waals surface area (Å²) in [5.74, 6) is 2.50. The Morgan fingerprint density at radius 1 is 1.44 bits per heavy atom. The zero-order chi connectivity index (χ0) is 13.4. The topological polar surface area (TPSA) is 75.4 Å². The van der Waals surface area contributed by atoms with E-state index in [-0.39, 0.29) is 12.5 Å². The van der Waals surface area contributed by atoms with Crippen LogP contribution in [0, 0.1) is 13.8 Å². The van der Waals surface area contributed by atoms with E-state index in [4.69, 9.17) is 9.63 Å². The maximum atomic E-state index is 11.7. The highest BCUT2D eigenvalue weighted by Gasteiger charge is 2.12. The van der Waals surface area contributed by atoms with Crippen molar-refractivity contribution in [1.82, 2.24) is 10.5 Å². The Morgan fingerprint density at radius 3 is 2.83 bits per heavy atom. The van der Waals surface area contributed by atoms with Gasteiger partial charge in [0.2, 0.25) is 5.91 Å². The van der Waals surface area contributed by atoms with Crippen molar-refractivity contribution in [3.8, 4) is 0 Å². The second kappa shape index (κ2) is 8.16. The molecule has 0 atom stereocenters. The molecule has 102 valence electrons. The lowest BCUT2D eigenvalue weighted by Gasteiger charge is -2.04. The smallest absolute Gasteiger partial charge is 0.224 e. The molecule has 0 bridgehead atoms. The van der Waals surface area contributed by atoms with Crippen LogP contribution in [0.3, 0.4) is 0 Å². The maximum Gasteiger partial charge on any atom is 0.224 e. The van der Waals surface area contributed by atoms with Gasteiger partial charge in [0.25, 0.3) is 0 Å². The minimum absolute atomic E-state index is 0.00726. The molecule has 2 N–H and O–H groups in total. The molecule has 0 aliphatic rings. The monoisotopic (exact) mass is 272 g/mol. The van der Waals surface area contributed by atoms with E-state index in [1.54, 1.807) is 11.8 Å². The summed E-state index contributed by atoms with van der Waals surface area (Å²) < 4.78 is 5.01. The first-order chi connectivity index (χ1) is 8.65. The molecule has 0 fully saturated rings. The number of thioether (sulfide) groups is 1. The van der Waals surface area contributed by atoms with Gasteiger partial charge in [0.05, 0.1) is 12.1 Å². The van der Waals surface area contributed by atoms with E-state index in [9.17, 15) is 4.79 Å². The molecule has 18 heavy (non-hydrogen) atoms. The molecule has 0 saturated carbocycles. The van der Waals surface area contributed by atoms with Gasteiger partial charge in [0.1, 0.15) is 5.76 Å². The lowest BCUT2D eigenvalue weighted by Crippen LogP contribution is -2.27. The van der Waals surface area contributed by atoms with Crippen LogP contribution in [0.2, 0.25) is 0 Å². The number of nitrogens with one attached hydrogen (secondary N) is 1. The quantitative estimate of drug-likeness (QED) is 0.692. The fraction of sp³-hybridized carbons (Fsp3) is 0.667.